The average Bonchev–Trinajstić information content (AvgIpc) is 2.46. The molecule has 104 valence electrons. The molecule has 0 amide bonds. The third-order valence-corrected chi connectivity index (χ3v) is 3.01. The van der Waals surface area contributed by atoms with Gasteiger partial charge in [0.2, 0.25) is 0 Å². The normalized spacial score (nSPS) is 10.1. The number of rotatable bonds is 5. The quantitative estimate of drug-likeness (QED) is 0.648. The number of aryl methyl sites for hydroxylation is 1. The maximum atomic E-state index is 7.56. The van der Waals surface area contributed by atoms with E-state index in [1.54, 1.807) is 7.11 Å². The van der Waals surface area contributed by atoms with Crippen molar-refractivity contribution >= 4 is 5.84 Å². The van der Waals surface area contributed by atoms with Gasteiger partial charge >= 0.3 is 0 Å². The topological polar surface area (TPSA) is 68.3 Å². The summed E-state index contributed by atoms with van der Waals surface area (Å²) in [6.07, 6.45) is 0. The van der Waals surface area contributed by atoms with E-state index >= 15 is 0 Å². The molecule has 3 N–H and O–H groups in total. The van der Waals surface area contributed by atoms with Crippen LogP contribution in [-0.4, -0.2) is 12.9 Å². The zero-order valence-electron chi connectivity index (χ0n) is 11.6. The Bertz CT molecular complexity index is 624. The van der Waals surface area contributed by atoms with Crippen molar-refractivity contribution in [3.63, 3.8) is 0 Å². The number of hydrogen-bond donors (Lipinski definition) is 2. The summed E-state index contributed by atoms with van der Waals surface area (Å²) in [7, 11) is 1.62. The van der Waals surface area contributed by atoms with Gasteiger partial charge in [0.25, 0.3) is 0 Å². The Hall–Kier alpha value is -2.49. The van der Waals surface area contributed by atoms with E-state index in [0.717, 1.165) is 11.1 Å². The Kier molecular flexibility index (Phi) is 4.25. The number of hydrogen-bond acceptors (Lipinski definition) is 3. The van der Waals surface area contributed by atoms with Gasteiger partial charge in [-0.15, -0.1) is 0 Å². The summed E-state index contributed by atoms with van der Waals surface area (Å²) >= 11 is 0. The zero-order valence-corrected chi connectivity index (χ0v) is 11.6. The molecule has 0 heterocycles. The molecule has 4 heteroatoms. The SMILES string of the molecule is COc1cc(C)ccc1OCc1ccccc1C(=N)N. The van der Waals surface area contributed by atoms with Crippen LogP contribution in [0.1, 0.15) is 16.7 Å². The third kappa shape index (κ3) is 3.09. The maximum absolute atomic E-state index is 7.56. The van der Waals surface area contributed by atoms with E-state index in [1.165, 1.54) is 0 Å². The number of benzene rings is 2. The van der Waals surface area contributed by atoms with Crippen molar-refractivity contribution in [3.8, 4) is 11.5 Å². The summed E-state index contributed by atoms with van der Waals surface area (Å²) in [5.41, 5.74) is 8.24. The second-order valence-electron chi connectivity index (χ2n) is 4.51. The van der Waals surface area contributed by atoms with E-state index in [4.69, 9.17) is 20.6 Å². The lowest BCUT2D eigenvalue weighted by molar-refractivity contribution is 0.284. The van der Waals surface area contributed by atoms with E-state index in [1.807, 2.05) is 49.4 Å². The van der Waals surface area contributed by atoms with Crippen molar-refractivity contribution in [1.29, 1.82) is 5.41 Å². The molecule has 0 bridgehead atoms. The average molecular weight is 270 g/mol. The molecule has 0 aliphatic rings. The van der Waals surface area contributed by atoms with Gasteiger partial charge in [-0.05, 0) is 24.6 Å². The molecule has 0 spiro atoms. The Morgan fingerprint density at radius 3 is 2.60 bits per heavy atom. The standard InChI is InChI=1S/C16H18N2O2/c1-11-7-8-14(15(9-11)19-2)20-10-12-5-3-4-6-13(12)16(17)18/h3-9H,10H2,1-2H3,(H3,17,18). The van der Waals surface area contributed by atoms with Crippen LogP contribution in [0.25, 0.3) is 0 Å². The maximum Gasteiger partial charge on any atom is 0.161 e. The van der Waals surface area contributed by atoms with E-state index in [9.17, 15) is 0 Å². The van der Waals surface area contributed by atoms with Crippen LogP contribution >= 0.6 is 0 Å². The second kappa shape index (κ2) is 6.10. The van der Waals surface area contributed by atoms with Crippen molar-refractivity contribution in [2.24, 2.45) is 5.73 Å². The van der Waals surface area contributed by atoms with Crippen molar-refractivity contribution < 1.29 is 9.47 Å². The van der Waals surface area contributed by atoms with Gasteiger partial charge in [0.05, 0.1) is 7.11 Å². The minimum absolute atomic E-state index is 0.0417. The molecule has 2 rings (SSSR count). The number of methoxy groups -OCH3 is 1. The Morgan fingerprint density at radius 2 is 1.90 bits per heavy atom. The molecule has 2 aromatic rings. The third-order valence-electron chi connectivity index (χ3n) is 3.01. The summed E-state index contributed by atoms with van der Waals surface area (Å²) in [5.74, 6) is 1.42. The van der Waals surface area contributed by atoms with Crippen molar-refractivity contribution in [2.45, 2.75) is 13.5 Å². The Morgan fingerprint density at radius 1 is 1.15 bits per heavy atom. The van der Waals surface area contributed by atoms with E-state index < -0.39 is 0 Å². The summed E-state index contributed by atoms with van der Waals surface area (Å²) in [6, 6.07) is 13.2. The minimum atomic E-state index is 0.0417. The van der Waals surface area contributed by atoms with Crippen LogP contribution in [0.2, 0.25) is 0 Å². The monoisotopic (exact) mass is 270 g/mol. The summed E-state index contributed by atoms with van der Waals surface area (Å²) in [5, 5.41) is 7.56. The Labute approximate surface area is 118 Å². The first kappa shape index (κ1) is 13.9. The molecule has 0 radical (unpaired) electrons. The summed E-state index contributed by atoms with van der Waals surface area (Å²) in [4.78, 5) is 0. The van der Waals surface area contributed by atoms with Gasteiger partial charge in [0.1, 0.15) is 12.4 Å². The van der Waals surface area contributed by atoms with Crippen molar-refractivity contribution in [1.82, 2.24) is 0 Å². The first-order chi connectivity index (χ1) is 9.61. The molecule has 0 aliphatic heterocycles. The summed E-state index contributed by atoms with van der Waals surface area (Å²) < 4.78 is 11.1. The van der Waals surface area contributed by atoms with Crippen LogP contribution in [-0.2, 0) is 6.61 Å². The lowest BCUT2D eigenvalue weighted by Gasteiger charge is -2.13. The molecule has 0 atom stereocenters. The first-order valence-corrected chi connectivity index (χ1v) is 6.31. The van der Waals surface area contributed by atoms with Crippen LogP contribution in [0.3, 0.4) is 0 Å². The van der Waals surface area contributed by atoms with Crippen LogP contribution in [0, 0.1) is 12.3 Å². The zero-order chi connectivity index (χ0) is 14.5. The summed E-state index contributed by atoms with van der Waals surface area (Å²) in [6.45, 7) is 2.34. The molecule has 0 saturated heterocycles. The number of nitrogens with one attached hydrogen (secondary N) is 1. The predicted octanol–water partition coefficient (Wildman–Crippen LogP) is 2.87. The molecule has 0 aromatic heterocycles. The van der Waals surface area contributed by atoms with E-state index in [-0.39, 0.29) is 5.84 Å². The van der Waals surface area contributed by atoms with Crippen molar-refractivity contribution in [2.75, 3.05) is 7.11 Å². The number of ether oxygens (including phenoxy) is 2. The van der Waals surface area contributed by atoms with Gasteiger partial charge < -0.3 is 15.2 Å². The number of amidine groups is 1. The number of nitrogens with two attached hydrogens (primary N) is 1. The molecular weight excluding hydrogens is 252 g/mol. The van der Waals surface area contributed by atoms with Gasteiger partial charge in [-0.3, -0.25) is 5.41 Å². The highest BCUT2D eigenvalue weighted by atomic mass is 16.5. The van der Waals surface area contributed by atoms with Crippen LogP contribution in [0.5, 0.6) is 11.5 Å². The fourth-order valence-electron chi connectivity index (χ4n) is 1.96. The highest BCUT2D eigenvalue weighted by molar-refractivity contribution is 5.96. The lowest BCUT2D eigenvalue weighted by atomic mass is 10.1. The molecule has 0 aliphatic carbocycles. The van der Waals surface area contributed by atoms with Crippen LogP contribution < -0.4 is 15.2 Å². The first-order valence-electron chi connectivity index (χ1n) is 6.31. The van der Waals surface area contributed by atoms with Crippen LogP contribution in [0.15, 0.2) is 42.5 Å². The molecule has 0 fully saturated rings. The molecule has 4 nitrogen and oxygen atoms in total. The van der Waals surface area contributed by atoms with Gasteiger partial charge in [-0.1, -0.05) is 30.3 Å². The van der Waals surface area contributed by atoms with Crippen LogP contribution in [0.4, 0.5) is 0 Å². The van der Waals surface area contributed by atoms with Crippen molar-refractivity contribution in [3.05, 3.63) is 59.2 Å². The van der Waals surface area contributed by atoms with Gasteiger partial charge in [-0.2, -0.15) is 0 Å². The fourth-order valence-corrected chi connectivity index (χ4v) is 1.96. The highest BCUT2D eigenvalue weighted by Gasteiger charge is 2.08. The van der Waals surface area contributed by atoms with Gasteiger partial charge in [-0.25, -0.2) is 0 Å². The van der Waals surface area contributed by atoms with E-state index in [2.05, 4.69) is 0 Å². The smallest absolute Gasteiger partial charge is 0.161 e. The highest BCUT2D eigenvalue weighted by Crippen LogP contribution is 2.28. The Balaban J connectivity index is 2.19. The molecule has 0 saturated carbocycles. The second-order valence-corrected chi connectivity index (χ2v) is 4.51. The molecule has 2 aromatic carbocycles. The molecule has 0 unspecified atom stereocenters. The van der Waals surface area contributed by atoms with E-state index in [0.29, 0.717) is 23.7 Å². The largest absolute Gasteiger partial charge is 0.493 e. The fraction of sp³-hybridized carbons (Fsp3) is 0.188. The lowest BCUT2D eigenvalue weighted by Crippen LogP contribution is -2.14. The number of nitrogen functional groups attached to an aromatic ring is 1. The molecular formula is C16H18N2O2. The van der Waals surface area contributed by atoms with Gasteiger partial charge in [0.15, 0.2) is 11.5 Å². The van der Waals surface area contributed by atoms with Gasteiger partial charge in [0, 0.05) is 11.1 Å². The minimum Gasteiger partial charge on any atom is -0.493 e. The molecule has 20 heavy (non-hydrogen) atoms. The predicted molar refractivity (Wildman–Crippen MR) is 79.5 cm³/mol.